The Labute approximate surface area is 112 Å². The number of nitrogens with zero attached hydrogens (tertiary/aromatic N) is 1. The van der Waals surface area contributed by atoms with Gasteiger partial charge in [-0.15, -0.1) is 36.2 Å². The molecular weight excluding hydrogens is 263 g/mol. The van der Waals surface area contributed by atoms with E-state index < -0.39 is 0 Å². The van der Waals surface area contributed by atoms with Crippen LogP contribution >= 0.6 is 36.2 Å². The van der Waals surface area contributed by atoms with Crippen LogP contribution in [0.2, 0.25) is 0 Å². The predicted octanol–water partition coefficient (Wildman–Crippen LogP) is 3.42. The second-order valence-electron chi connectivity index (χ2n) is 3.20. The number of hydrogen-bond donors (Lipinski definition) is 1. The lowest BCUT2D eigenvalue weighted by molar-refractivity contribution is 1.07. The van der Waals surface area contributed by atoms with Crippen molar-refractivity contribution in [1.29, 1.82) is 0 Å². The molecule has 0 fully saturated rings. The maximum Gasteiger partial charge on any atom is 0.123 e. The average Bonchev–Trinajstić information content (AvgIpc) is 2.65. The van der Waals surface area contributed by atoms with E-state index in [0.717, 1.165) is 16.3 Å². The third-order valence-corrected chi connectivity index (χ3v) is 3.06. The molecule has 0 spiro atoms. The Balaban J connectivity index is 0.00000112. The summed E-state index contributed by atoms with van der Waals surface area (Å²) in [7, 11) is 0. The number of nitrogens with two attached hydrogens (primary N) is 1. The van der Waals surface area contributed by atoms with Crippen LogP contribution in [-0.2, 0) is 6.54 Å². The van der Waals surface area contributed by atoms with Crippen LogP contribution in [0.3, 0.4) is 0 Å². The normalized spacial score (nSPS) is 9.12. The second kappa shape index (κ2) is 6.86. The number of thiazole rings is 1. The minimum absolute atomic E-state index is 0. The lowest BCUT2D eigenvalue weighted by Gasteiger charge is -1.98. The Morgan fingerprint density at radius 1 is 1.19 bits per heavy atom. The molecule has 0 bridgehead atoms. The highest BCUT2D eigenvalue weighted by atomic mass is 35.5. The number of aromatic nitrogens is 1. The third kappa shape index (κ3) is 3.46. The van der Waals surface area contributed by atoms with E-state index in [1.165, 1.54) is 5.56 Å². The van der Waals surface area contributed by atoms with E-state index in [0.29, 0.717) is 6.54 Å². The lowest BCUT2D eigenvalue weighted by Crippen LogP contribution is -1.95. The van der Waals surface area contributed by atoms with E-state index in [1.807, 2.05) is 19.1 Å². The Hall–Kier alpha value is -0.610. The molecule has 0 atom stereocenters. The minimum atomic E-state index is 0. The van der Waals surface area contributed by atoms with Crippen molar-refractivity contribution in [2.45, 2.75) is 13.5 Å². The average molecular weight is 277 g/mol. The summed E-state index contributed by atoms with van der Waals surface area (Å²) in [6, 6.07) is 8.24. The van der Waals surface area contributed by atoms with Gasteiger partial charge >= 0.3 is 0 Å². The Morgan fingerprint density at radius 3 is 2.25 bits per heavy atom. The first kappa shape index (κ1) is 15.4. The van der Waals surface area contributed by atoms with E-state index in [-0.39, 0.29) is 24.8 Å². The fourth-order valence-corrected chi connectivity index (χ4v) is 2.07. The number of rotatable bonds is 2. The topological polar surface area (TPSA) is 38.9 Å². The summed E-state index contributed by atoms with van der Waals surface area (Å²) in [5.41, 5.74) is 8.93. The van der Waals surface area contributed by atoms with Gasteiger partial charge in [0.25, 0.3) is 0 Å². The molecule has 0 saturated heterocycles. The molecule has 5 heteroatoms. The largest absolute Gasteiger partial charge is 0.326 e. The molecule has 88 valence electrons. The van der Waals surface area contributed by atoms with Crippen LogP contribution in [0.1, 0.15) is 11.3 Å². The summed E-state index contributed by atoms with van der Waals surface area (Å²) in [6.45, 7) is 2.60. The van der Waals surface area contributed by atoms with Crippen molar-refractivity contribution in [3.63, 3.8) is 0 Å². The summed E-state index contributed by atoms with van der Waals surface area (Å²) >= 11 is 1.67. The summed E-state index contributed by atoms with van der Waals surface area (Å²) in [5.74, 6) is 0. The number of hydrogen-bond acceptors (Lipinski definition) is 3. The first-order valence-electron chi connectivity index (χ1n) is 4.51. The quantitative estimate of drug-likeness (QED) is 0.913. The molecule has 2 rings (SSSR count). The summed E-state index contributed by atoms with van der Waals surface area (Å²) in [6.07, 6.45) is 0. The van der Waals surface area contributed by atoms with Gasteiger partial charge < -0.3 is 5.73 Å². The van der Waals surface area contributed by atoms with Gasteiger partial charge in [0.15, 0.2) is 0 Å². The summed E-state index contributed by atoms with van der Waals surface area (Å²) in [5, 5.41) is 3.14. The van der Waals surface area contributed by atoms with Gasteiger partial charge in [-0.2, -0.15) is 0 Å². The third-order valence-electron chi connectivity index (χ3n) is 2.06. The maximum absolute atomic E-state index is 5.53. The molecule has 0 amide bonds. The van der Waals surface area contributed by atoms with Crippen LogP contribution in [0.25, 0.3) is 10.6 Å². The highest BCUT2D eigenvalue weighted by Gasteiger charge is 2.01. The molecule has 0 radical (unpaired) electrons. The molecule has 0 aliphatic carbocycles. The Kier molecular flexibility index (Phi) is 6.60. The monoisotopic (exact) mass is 276 g/mol. The van der Waals surface area contributed by atoms with Crippen LogP contribution < -0.4 is 5.73 Å². The van der Waals surface area contributed by atoms with E-state index in [2.05, 4.69) is 22.5 Å². The molecule has 2 aromatic rings. The zero-order valence-electron chi connectivity index (χ0n) is 8.84. The van der Waals surface area contributed by atoms with Gasteiger partial charge in [0.2, 0.25) is 0 Å². The minimum Gasteiger partial charge on any atom is -0.326 e. The standard InChI is InChI=1S/C11H12N2S.2ClH/c1-8-7-14-11(13-8)10-4-2-9(6-12)3-5-10;;/h2-5,7H,6,12H2,1H3;2*1H. The zero-order chi connectivity index (χ0) is 9.97. The summed E-state index contributed by atoms with van der Waals surface area (Å²) in [4.78, 5) is 4.42. The summed E-state index contributed by atoms with van der Waals surface area (Å²) < 4.78 is 0. The van der Waals surface area contributed by atoms with Crippen molar-refractivity contribution < 1.29 is 0 Å². The molecule has 16 heavy (non-hydrogen) atoms. The molecule has 1 aromatic heterocycles. The Bertz CT molecular complexity index is 426. The van der Waals surface area contributed by atoms with Crippen LogP contribution in [0, 0.1) is 6.92 Å². The van der Waals surface area contributed by atoms with E-state index >= 15 is 0 Å². The molecule has 1 heterocycles. The maximum atomic E-state index is 5.53. The smallest absolute Gasteiger partial charge is 0.123 e. The van der Waals surface area contributed by atoms with Gasteiger partial charge in [0, 0.05) is 23.2 Å². The molecule has 0 aliphatic heterocycles. The molecule has 2 N–H and O–H groups in total. The Morgan fingerprint density at radius 2 is 1.81 bits per heavy atom. The van der Waals surface area contributed by atoms with Crippen molar-refractivity contribution in [2.75, 3.05) is 0 Å². The molecule has 0 saturated carbocycles. The highest BCUT2D eigenvalue weighted by molar-refractivity contribution is 7.13. The number of aryl methyl sites for hydroxylation is 1. The first-order chi connectivity index (χ1) is 6.79. The second-order valence-corrected chi connectivity index (χ2v) is 4.05. The van der Waals surface area contributed by atoms with Gasteiger partial charge in [0.05, 0.1) is 0 Å². The van der Waals surface area contributed by atoms with Gasteiger partial charge in [-0.1, -0.05) is 24.3 Å². The van der Waals surface area contributed by atoms with Gasteiger partial charge in [-0.05, 0) is 12.5 Å². The fourth-order valence-electron chi connectivity index (χ4n) is 1.27. The number of halogens is 2. The van der Waals surface area contributed by atoms with Crippen LogP contribution in [0.5, 0.6) is 0 Å². The highest BCUT2D eigenvalue weighted by Crippen LogP contribution is 2.23. The molecular formula is C11H14Cl2N2S. The zero-order valence-corrected chi connectivity index (χ0v) is 11.3. The molecule has 0 aliphatic rings. The van der Waals surface area contributed by atoms with Crippen molar-refractivity contribution in [3.05, 3.63) is 40.9 Å². The SMILES string of the molecule is Cc1csc(-c2ccc(CN)cc2)n1.Cl.Cl. The van der Waals surface area contributed by atoms with Crippen LogP contribution in [-0.4, -0.2) is 4.98 Å². The van der Waals surface area contributed by atoms with Gasteiger partial charge in [-0.3, -0.25) is 0 Å². The van der Waals surface area contributed by atoms with Crippen molar-refractivity contribution >= 4 is 36.2 Å². The lowest BCUT2D eigenvalue weighted by atomic mass is 10.1. The number of benzene rings is 1. The van der Waals surface area contributed by atoms with E-state index in [1.54, 1.807) is 11.3 Å². The molecule has 1 aromatic carbocycles. The van der Waals surface area contributed by atoms with Crippen molar-refractivity contribution in [2.24, 2.45) is 5.73 Å². The van der Waals surface area contributed by atoms with E-state index in [4.69, 9.17) is 5.73 Å². The first-order valence-corrected chi connectivity index (χ1v) is 5.39. The molecule has 0 unspecified atom stereocenters. The van der Waals surface area contributed by atoms with Crippen LogP contribution in [0.4, 0.5) is 0 Å². The van der Waals surface area contributed by atoms with Crippen molar-refractivity contribution in [1.82, 2.24) is 4.98 Å². The van der Waals surface area contributed by atoms with Crippen LogP contribution in [0.15, 0.2) is 29.6 Å². The predicted molar refractivity (Wildman–Crippen MR) is 74.7 cm³/mol. The van der Waals surface area contributed by atoms with Gasteiger partial charge in [-0.25, -0.2) is 4.98 Å². The van der Waals surface area contributed by atoms with Crippen molar-refractivity contribution in [3.8, 4) is 10.6 Å². The van der Waals surface area contributed by atoms with Gasteiger partial charge in [0.1, 0.15) is 5.01 Å². The molecule has 2 nitrogen and oxygen atoms in total. The van der Waals surface area contributed by atoms with E-state index in [9.17, 15) is 0 Å². The fraction of sp³-hybridized carbons (Fsp3) is 0.182.